The lowest BCUT2D eigenvalue weighted by molar-refractivity contribution is 0.0628. The molecule has 6 nitrogen and oxygen atoms in total. The molecule has 6 heteroatoms. The van der Waals surface area contributed by atoms with Crippen LogP contribution in [-0.4, -0.2) is 47.8 Å². The molecule has 0 aliphatic carbocycles. The largest absolute Gasteiger partial charge is 0.366 e. The van der Waals surface area contributed by atoms with E-state index >= 15 is 0 Å². The average Bonchev–Trinajstić information content (AvgIpc) is 2.80. The summed E-state index contributed by atoms with van der Waals surface area (Å²) in [6.07, 6.45) is 0. The fraction of sp³-hybridized carbons (Fsp3) is 0.200. The minimum Gasteiger partial charge on any atom is -0.366 e. The van der Waals surface area contributed by atoms with Gasteiger partial charge in [0.05, 0.1) is 11.3 Å². The normalized spacial score (nSPS) is 14.3. The van der Waals surface area contributed by atoms with Crippen molar-refractivity contribution in [1.82, 2.24) is 9.80 Å². The van der Waals surface area contributed by atoms with E-state index < -0.39 is 5.91 Å². The van der Waals surface area contributed by atoms with Crippen LogP contribution in [-0.2, 0) is 6.54 Å². The number of rotatable bonds is 6. The van der Waals surface area contributed by atoms with E-state index in [0.717, 1.165) is 36.4 Å². The number of amides is 2. The summed E-state index contributed by atoms with van der Waals surface area (Å²) in [5.74, 6) is -0.376. The average molecular weight is 415 g/mol. The smallest absolute Gasteiger partial charge is 0.253 e. The minimum absolute atomic E-state index is 0.0837. The van der Waals surface area contributed by atoms with Crippen molar-refractivity contribution in [3.8, 4) is 0 Å². The van der Waals surface area contributed by atoms with Gasteiger partial charge in [-0.3, -0.25) is 14.5 Å². The zero-order valence-corrected chi connectivity index (χ0v) is 17.3. The summed E-state index contributed by atoms with van der Waals surface area (Å²) in [6, 6.07) is 24.8. The first-order valence-corrected chi connectivity index (χ1v) is 10.4. The second kappa shape index (κ2) is 9.45. The highest BCUT2D eigenvalue weighted by Gasteiger charge is 2.22. The highest BCUT2D eigenvalue weighted by atomic mass is 16.2. The number of benzene rings is 3. The Hall–Kier alpha value is -3.64. The van der Waals surface area contributed by atoms with Gasteiger partial charge in [-0.2, -0.15) is 0 Å². The molecule has 0 unspecified atom stereocenters. The molecule has 0 aromatic heterocycles. The number of primary amides is 1. The van der Waals surface area contributed by atoms with E-state index in [4.69, 9.17) is 5.73 Å². The van der Waals surface area contributed by atoms with Crippen molar-refractivity contribution in [2.24, 2.45) is 5.73 Å². The third-order valence-corrected chi connectivity index (χ3v) is 5.49. The van der Waals surface area contributed by atoms with Crippen LogP contribution in [0.1, 0.15) is 26.3 Å². The molecule has 3 aromatic rings. The molecule has 1 fully saturated rings. The monoisotopic (exact) mass is 414 g/mol. The molecule has 1 aliphatic heterocycles. The SMILES string of the molecule is NC(=O)c1ccc(CN2CCN(C(=O)c3ccccc3)CC2)cc1Nc1ccccc1. The second-order valence-corrected chi connectivity index (χ2v) is 7.67. The number of carbonyl (C=O) groups excluding carboxylic acids is 2. The fourth-order valence-electron chi connectivity index (χ4n) is 3.82. The fourth-order valence-corrected chi connectivity index (χ4v) is 3.82. The number of nitrogens with two attached hydrogens (primary N) is 1. The van der Waals surface area contributed by atoms with Crippen LogP contribution in [0, 0.1) is 0 Å². The zero-order valence-electron chi connectivity index (χ0n) is 17.3. The molecule has 4 rings (SSSR count). The number of nitrogens with zero attached hydrogens (tertiary/aromatic N) is 2. The molecule has 1 heterocycles. The first-order valence-electron chi connectivity index (χ1n) is 10.4. The lowest BCUT2D eigenvalue weighted by Crippen LogP contribution is -2.48. The summed E-state index contributed by atoms with van der Waals surface area (Å²) in [4.78, 5) is 28.7. The van der Waals surface area contributed by atoms with Crippen molar-refractivity contribution in [2.45, 2.75) is 6.54 Å². The summed E-state index contributed by atoms with van der Waals surface area (Å²) in [5.41, 5.74) is 9.45. The van der Waals surface area contributed by atoms with Gasteiger partial charge in [0.15, 0.2) is 0 Å². The third kappa shape index (κ3) is 5.10. The van der Waals surface area contributed by atoms with E-state index in [2.05, 4.69) is 10.2 Å². The van der Waals surface area contributed by atoms with Gasteiger partial charge < -0.3 is 16.0 Å². The summed E-state index contributed by atoms with van der Waals surface area (Å²) >= 11 is 0. The predicted molar refractivity (Wildman–Crippen MR) is 122 cm³/mol. The Balaban J connectivity index is 1.41. The number of carbonyl (C=O) groups is 2. The molecule has 0 atom stereocenters. The van der Waals surface area contributed by atoms with E-state index in [-0.39, 0.29) is 5.91 Å². The van der Waals surface area contributed by atoms with Crippen LogP contribution in [0.2, 0.25) is 0 Å². The molecule has 3 N–H and O–H groups in total. The van der Waals surface area contributed by atoms with Crippen molar-refractivity contribution < 1.29 is 9.59 Å². The molecule has 31 heavy (non-hydrogen) atoms. The van der Waals surface area contributed by atoms with Crippen LogP contribution in [0.15, 0.2) is 78.9 Å². The Morgan fingerprint density at radius 1 is 0.839 bits per heavy atom. The topological polar surface area (TPSA) is 78.7 Å². The first-order chi connectivity index (χ1) is 15.1. The standard InChI is InChI=1S/C25H26N4O2/c26-24(30)22-12-11-19(17-23(22)27-21-9-5-2-6-10-21)18-28-13-15-29(16-14-28)25(31)20-7-3-1-4-8-20/h1-12,17,27H,13-16,18H2,(H2,26,30). The van der Waals surface area contributed by atoms with Crippen molar-refractivity contribution in [1.29, 1.82) is 0 Å². The molecular formula is C25H26N4O2. The summed E-state index contributed by atoms with van der Waals surface area (Å²) in [7, 11) is 0. The number of hydrogen-bond donors (Lipinski definition) is 2. The molecular weight excluding hydrogens is 388 g/mol. The minimum atomic E-state index is -0.460. The second-order valence-electron chi connectivity index (χ2n) is 7.67. The molecule has 0 bridgehead atoms. The van der Waals surface area contributed by atoms with E-state index in [1.807, 2.05) is 77.7 Å². The zero-order chi connectivity index (χ0) is 21.6. The van der Waals surface area contributed by atoms with Crippen molar-refractivity contribution >= 4 is 23.2 Å². The Bertz CT molecular complexity index is 1050. The van der Waals surface area contributed by atoms with Crippen LogP contribution in [0.5, 0.6) is 0 Å². The summed E-state index contributed by atoms with van der Waals surface area (Å²) < 4.78 is 0. The lowest BCUT2D eigenvalue weighted by atomic mass is 10.1. The molecule has 0 saturated carbocycles. The van der Waals surface area contributed by atoms with Crippen molar-refractivity contribution in [3.63, 3.8) is 0 Å². The Labute approximate surface area is 182 Å². The first kappa shape index (κ1) is 20.6. The quantitative estimate of drug-likeness (QED) is 0.647. The highest BCUT2D eigenvalue weighted by Crippen LogP contribution is 2.23. The van der Waals surface area contributed by atoms with Crippen molar-refractivity contribution in [2.75, 3.05) is 31.5 Å². The highest BCUT2D eigenvalue weighted by molar-refractivity contribution is 5.99. The van der Waals surface area contributed by atoms with Gasteiger partial charge in [0.1, 0.15) is 0 Å². The van der Waals surface area contributed by atoms with Crippen LogP contribution in [0.3, 0.4) is 0 Å². The van der Waals surface area contributed by atoms with Crippen LogP contribution >= 0.6 is 0 Å². The van der Waals surface area contributed by atoms with Gasteiger partial charge in [-0.15, -0.1) is 0 Å². The molecule has 0 spiro atoms. The van der Waals surface area contributed by atoms with E-state index in [1.54, 1.807) is 6.07 Å². The maximum Gasteiger partial charge on any atom is 0.253 e. The Morgan fingerprint density at radius 2 is 1.48 bits per heavy atom. The van der Waals surface area contributed by atoms with Crippen LogP contribution < -0.4 is 11.1 Å². The van der Waals surface area contributed by atoms with Crippen molar-refractivity contribution in [3.05, 3.63) is 95.6 Å². The van der Waals surface area contributed by atoms with Gasteiger partial charge in [0, 0.05) is 44.0 Å². The van der Waals surface area contributed by atoms with Gasteiger partial charge in [-0.1, -0.05) is 42.5 Å². The van der Waals surface area contributed by atoms with Crippen LogP contribution in [0.4, 0.5) is 11.4 Å². The Kier molecular flexibility index (Phi) is 6.29. The number of anilines is 2. The number of piperazine rings is 1. The summed E-state index contributed by atoms with van der Waals surface area (Å²) in [5, 5.41) is 3.30. The number of nitrogens with one attached hydrogen (secondary N) is 1. The summed E-state index contributed by atoms with van der Waals surface area (Å²) in [6.45, 7) is 3.75. The maximum atomic E-state index is 12.6. The van der Waals surface area contributed by atoms with Crippen LogP contribution in [0.25, 0.3) is 0 Å². The third-order valence-electron chi connectivity index (χ3n) is 5.49. The molecule has 158 valence electrons. The molecule has 2 amide bonds. The lowest BCUT2D eigenvalue weighted by Gasteiger charge is -2.35. The van der Waals surface area contributed by atoms with Gasteiger partial charge in [0.2, 0.25) is 0 Å². The van der Waals surface area contributed by atoms with E-state index in [1.165, 1.54) is 0 Å². The molecule has 1 aliphatic rings. The molecule has 0 radical (unpaired) electrons. The predicted octanol–water partition coefficient (Wildman–Crippen LogP) is 3.49. The number of para-hydroxylation sites is 1. The van der Waals surface area contributed by atoms with Gasteiger partial charge in [-0.25, -0.2) is 0 Å². The van der Waals surface area contributed by atoms with Gasteiger partial charge >= 0.3 is 0 Å². The van der Waals surface area contributed by atoms with E-state index in [9.17, 15) is 9.59 Å². The van der Waals surface area contributed by atoms with Gasteiger partial charge in [-0.05, 0) is 42.0 Å². The molecule has 3 aromatic carbocycles. The van der Waals surface area contributed by atoms with Gasteiger partial charge in [0.25, 0.3) is 11.8 Å². The molecule has 1 saturated heterocycles. The Morgan fingerprint density at radius 3 is 2.13 bits per heavy atom. The van der Waals surface area contributed by atoms with E-state index in [0.29, 0.717) is 24.3 Å². The number of hydrogen-bond acceptors (Lipinski definition) is 4. The maximum absolute atomic E-state index is 12.6.